The third-order valence-electron chi connectivity index (χ3n) is 3.12. The van der Waals surface area contributed by atoms with Gasteiger partial charge in [0.1, 0.15) is 0 Å². The molecule has 1 atom stereocenters. The van der Waals surface area contributed by atoms with Gasteiger partial charge in [-0.1, -0.05) is 20.8 Å². The SMILES string of the molecule is CC(C)(C)C(=O)Nc1ccc(NC(=O)C2CSCN2)cc1. The summed E-state index contributed by atoms with van der Waals surface area (Å²) in [5.74, 6) is 1.56. The number of benzene rings is 1. The van der Waals surface area contributed by atoms with Crippen molar-refractivity contribution < 1.29 is 9.59 Å². The Morgan fingerprint density at radius 2 is 1.71 bits per heavy atom. The number of hydrogen-bond donors (Lipinski definition) is 3. The van der Waals surface area contributed by atoms with Crippen LogP contribution in [0.1, 0.15) is 20.8 Å². The first-order valence-corrected chi connectivity index (χ1v) is 8.05. The molecule has 3 N–H and O–H groups in total. The van der Waals surface area contributed by atoms with Crippen LogP contribution in [0.15, 0.2) is 24.3 Å². The summed E-state index contributed by atoms with van der Waals surface area (Å²) in [5.41, 5.74) is 1.02. The lowest BCUT2D eigenvalue weighted by Gasteiger charge is -2.18. The van der Waals surface area contributed by atoms with Gasteiger partial charge in [-0.05, 0) is 24.3 Å². The van der Waals surface area contributed by atoms with Crippen molar-refractivity contribution in [2.24, 2.45) is 5.41 Å². The summed E-state index contributed by atoms with van der Waals surface area (Å²) in [6.45, 7) is 5.59. The van der Waals surface area contributed by atoms with E-state index in [2.05, 4.69) is 16.0 Å². The van der Waals surface area contributed by atoms with Crippen molar-refractivity contribution in [3.63, 3.8) is 0 Å². The lowest BCUT2D eigenvalue weighted by molar-refractivity contribution is -0.123. The molecule has 1 aliphatic heterocycles. The smallest absolute Gasteiger partial charge is 0.242 e. The second-order valence-electron chi connectivity index (χ2n) is 6.04. The first-order valence-electron chi connectivity index (χ1n) is 6.90. The third kappa shape index (κ3) is 4.47. The van der Waals surface area contributed by atoms with Gasteiger partial charge in [-0.3, -0.25) is 14.9 Å². The van der Waals surface area contributed by atoms with Crippen LogP contribution in [0.2, 0.25) is 0 Å². The maximum Gasteiger partial charge on any atom is 0.242 e. The Morgan fingerprint density at radius 1 is 1.14 bits per heavy atom. The van der Waals surface area contributed by atoms with E-state index >= 15 is 0 Å². The Hall–Kier alpha value is -1.53. The third-order valence-corrected chi connectivity index (χ3v) is 4.06. The molecule has 114 valence electrons. The van der Waals surface area contributed by atoms with E-state index in [1.807, 2.05) is 20.8 Å². The number of rotatable bonds is 3. The summed E-state index contributed by atoms with van der Waals surface area (Å²) < 4.78 is 0. The summed E-state index contributed by atoms with van der Waals surface area (Å²) in [4.78, 5) is 23.8. The second-order valence-corrected chi connectivity index (χ2v) is 7.07. The van der Waals surface area contributed by atoms with Crippen LogP contribution < -0.4 is 16.0 Å². The normalized spacial score (nSPS) is 18.3. The van der Waals surface area contributed by atoms with E-state index in [4.69, 9.17) is 0 Å². The Labute approximate surface area is 129 Å². The molecule has 1 fully saturated rings. The first kappa shape index (κ1) is 15.9. The molecular weight excluding hydrogens is 286 g/mol. The van der Waals surface area contributed by atoms with Crippen molar-refractivity contribution in [2.45, 2.75) is 26.8 Å². The van der Waals surface area contributed by atoms with Crippen LogP contribution in [0.5, 0.6) is 0 Å². The number of anilines is 2. The molecule has 5 nitrogen and oxygen atoms in total. The summed E-state index contributed by atoms with van der Waals surface area (Å²) in [7, 11) is 0. The Morgan fingerprint density at radius 3 is 2.19 bits per heavy atom. The van der Waals surface area contributed by atoms with Gasteiger partial charge >= 0.3 is 0 Å². The zero-order valence-corrected chi connectivity index (χ0v) is 13.3. The molecule has 1 heterocycles. The van der Waals surface area contributed by atoms with Gasteiger partial charge in [0.2, 0.25) is 11.8 Å². The lowest BCUT2D eigenvalue weighted by atomic mass is 9.95. The predicted molar refractivity (Wildman–Crippen MR) is 87.4 cm³/mol. The fraction of sp³-hybridized carbons (Fsp3) is 0.467. The zero-order chi connectivity index (χ0) is 15.5. The van der Waals surface area contributed by atoms with E-state index in [1.165, 1.54) is 0 Å². The Balaban J connectivity index is 1.92. The highest BCUT2D eigenvalue weighted by Crippen LogP contribution is 2.19. The lowest BCUT2D eigenvalue weighted by Crippen LogP contribution is -2.37. The van der Waals surface area contributed by atoms with Crippen LogP contribution in [0, 0.1) is 5.41 Å². The van der Waals surface area contributed by atoms with E-state index < -0.39 is 5.41 Å². The molecule has 6 heteroatoms. The van der Waals surface area contributed by atoms with Gasteiger partial charge in [0.15, 0.2) is 0 Å². The molecule has 0 aromatic heterocycles. The maximum atomic E-state index is 12.0. The highest BCUT2D eigenvalue weighted by molar-refractivity contribution is 7.99. The predicted octanol–water partition coefficient (Wildman–Crippen LogP) is 2.27. The van der Waals surface area contributed by atoms with Gasteiger partial charge < -0.3 is 10.6 Å². The topological polar surface area (TPSA) is 70.2 Å². The summed E-state index contributed by atoms with van der Waals surface area (Å²) in [5, 5.41) is 8.84. The minimum atomic E-state index is -0.432. The van der Waals surface area contributed by atoms with E-state index in [0.717, 1.165) is 23.0 Å². The molecule has 0 saturated carbocycles. The minimum Gasteiger partial charge on any atom is -0.326 e. The maximum absolute atomic E-state index is 12.0. The number of nitrogens with one attached hydrogen (secondary N) is 3. The molecule has 0 bridgehead atoms. The second kappa shape index (κ2) is 6.49. The first-order chi connectivity index (χ1) is 9.86. The van der Waals surface area contributed by atoms with Crippen LogP contribution >= 0.6 is 11.8 Å². The minimum absolute atomic E-state index is 0.0218. The van der Waals surface area contributed by atoms with Gasteiger partial charge in [0.25, 0.3) is 0 Å². The summed E-state index contributed by atoms with van der Waals surface area (Å²) >= 11 is 1.71. The van der Waals surface area contributed by atoms with E-state index in [9.17, 15) is 9.59 Å². The van der Waals surface area contributed by atoms with E-state index in [1.54, 1.807) is 36.0 Å². The van der Waals surface area contributed by atoms with Crippen molar-refractivity contribution in [1.82, 2.24) is 5.32 Å². The van der Waals surface area contributed by atoms with Crippen molar-refractivity contribution in [2.75, 3.05) is 22.3 Å². The van der Waals surface area contributed by atoms with Crippen LogP contribution in [-0.4, -0.2) is 29.5 Å². The van der Waals surface area contributed by atoms with Crippen LogP contribution in [-0.2, 0) is 9.59 Å². The molecule has 0 radical (unpaired) electrons. The summed E-state index contributed by atoms with van der Waals surface area (Å²) in [6, 6.07) is 7.03. The number of carbonyl (C=O) groups excluding carboxylic acids is 2. The van der Waals surface area contributed by atoms with Gasteiger partial charge in [-0.2, -0.15) is 0 Å². The van der Waals surface area contributed by atoms with Gasteiger partial charge in [0.05, 0.1) is 6.04 Å². The van der Waals surface area contributed by atoms with Crippen molar-refractivity contribution in [3.05, 3.63) is 24.3 Å². The quantitative estimate of drug-likeness (QED) is 0.801. The van der Waals surface area contributed by atoms with E-state index in [-0.39, 0.29) is 17.9 Å². The fourth-order valence-corrected chi connectivity index (χ4v) is 2.69. The molecule has 1 aromatic rings. The molecule has 1 unspecified atom stereocenters. The van der Waals surface area contributed by atoms with Crippen LogP contribution in [0.25, 0.3) is 0 Å². The zero-order valence-electron chi connectivity index (χ0n) is 12.5. The van der Waals surface area contributed by atoms with Gasteiger partial charge in [-0.15, -0.1) is 11.8 Å². The number of hydrogen-bond acceptors (Lipinski definition) is 4. The van der Waals surface area contributed by atoms with Crippen LogP contribution in [0.4, 0.5) is 11.4 Å². The number of carbonyl (C=O) groups is 2. The molecule has 21 heavy (non-hydrogen) atoms. The van der Waals surface area contributed by atoms with E-state index in [0.29, 0.717) is 0 Å². The number of thioether (sulfide) groups is 1. The largest absolute Gasteiger partial charge is 0.326 e. The highest BCUT2D eigenvalue weighted by Gasteiger charge is 2.23. The molecule has 0 spiro atoms. The van der Waals surface area contributed by atoms with Crippen LogP contribution in [0.3, 0.4) is 0 Å². The monoisotopic (exact) mass is 307 g/mol. The molecule has 1 aliphatic rings. The molecular formula is C15H21N3O2S. The molecule has 0 aliphatic carbocycles. The molecule has 2 rings (SSSR count). The molecule has 1 aromatic carbocycles. The summed E-state index contributed by atoms with van der Waals surface area (Å²) in [6.07, 6.45) is 0. The van der Waals surface area contributed by atoms with Crippen molar-refractivity contribution in [3.8, 4) is 0 Å². The van der Waals surface area contributed by atoms with Gasteiger partial charge in [-0.25, -0.2) is 0 Å². The van der Waals surface area contributed by atoms with Gasteiger partial charge in [0, 0.05) is 28.4 Å². The Kier molecular flexibility index (Phi) is 4.90. The molecule has 1 saturated heterocycles. The average Bonchev–Trinajstić information content (AvgIpc) is 2.94. The number of amides is 2. The fourth-order valence-electron chi connectivity index (χ4n) is 1.75. The molecule has 2 amide bonds. The van der Waals surface area contributed by atoms with Crippen molar-refractivity contribution >= 4 is 35.0 Å². The Bertz CT molecular complexity index is 517. The standard InChI is InChI=1S/C15H21N3O2S/c1-15(2,3)14(20)18-11-6-4-10(5-7-11)17-13(19)12-8-21-9-16-12/h4-7,12,16H,8-9H2,1-3H3,(H,17,19)(H,18,20). The average molecular weight is 307 g/mol. The van der Waals surface area contributed by atoms with Crippen molar-refractivity contribution in [1.29, 1.82) is 0 Å². The highest BCUT2D eigenvalue weighted by atomic mass is 32.2.